The van der Waals surface area contributed by atoms with Crippen molar-refractivity contribution in [2.75, 3.05) is 43.1 Å². The van der Waals surface area contributed by atoms with Crippen molar-refractivity contribution >= 4 is 22.4 Å². The molecule has 1 aliphatic rings. The van der Waals surface area contributed by atoms with Crippen LogP contribution in [-0.4, -0.2) is 48.2 Å². The van der Waals surface area contributed by atoms with Gasteiger partial charge in [-0.25, -0.2) is 14.8 Å². The Hall–Kier alpha value is -3.94. The molecule has 0 amide bonds. The molecule has 8 nitrogen and oxygen atoms in total. The van der Waals surface area contributed by atoms with Crippen LogP contribution in [0.25, 0.3) is 22.4 Å². The summed E-state index contributed by atoms with van der Waals surface area (Å²) in [5.41, 5.74) is 2.84. The van der Waals surface area contributed by atoms with Crippen LogP contribution in [0.1, 0.15) is 12.5 Å². The van der Waals surface area contributed by atoms with Crippen LogP contribution in [0.15, 0.2) is 64.2 Å². The van der Waals surface area contributed by atoms with E-state index in [1.807, 2.05) is 37.4 Å². The molecule has 1 aliphatic heterocycles. The predicted molar refractivity (Wildman–Crippen MR) is 128 cm³/mol. The van der Waals surface area contributed by atoms with E-state index in [0.717, 1.165) is 43.2 Å². The van der Waals surface area contributed by atoms with Crippen molar-refractivity contribution in [3.63, 3.8) is 0 Å². The molecule has 0 saturated carbocycles. The summed E-state index contributed by atoms with van der Waals surface area (Å²) in [6, 6.07) is 11.4. The van der Waals surface area contributed by atoms with Crippen LogP contribution >= 0.6 is 0 Å². The lowest BCUT2D eigenvalue weighted by Gasteiger charge is -2.37. The van der Waals surface area contributed by atoms with Gasteiger partial charge in [0.25, 0.3) is 0 Å². The van der Waals surface area contributed by atoms with E-state index in [1.54, 1.807) is 25.6 Å². The van der Waals surface area contributed by atoms with Crippen LogP contribution in [-0.2, 0) is 6.42 Å². The molecule has 0 atom stereocenters. The number of aryl methyl sites for hydroxylation is 1. The summed E-state index contributed by atoms with van der Waals surface area (Å²) in [4.78, 5) is 31.0. The molecule has 0 radical (unpaired) electrons. The average Bonchev–Trinajstić information content (AvgIpc) is 2.88. The van der Waals surface area contributed by atoms with Crippen molar-refractivity contribution in [1.29, 1.82) is 0 Å². The van der Waals surface area contributed by atoms with E-state index in [0.29, 0.717) is 28.6 Å². The molecule has 1 fully saturated rings. The third-order valence-corrected chi connectivity index (χ3v) is 6.01. The van der Waals surface area contributed by atoms with Crippen molar-refractivity contribution in [3.05, 3.63) is 71.0 Å². The van der Waals surface area contributed by atoms with Gasteiger partial charge >= 0.3 is 5.63 Å². The number of rotatable bonds is 5. The van der Waals surface area contributed by atoms with Gasteiger partial charge in [0, 0.05) is 44.6 Å². The number of aromatic nitrogens is 3. The van der Waals surface area contributed by atoms with Gasteiger partial charge in [-0.3, -0.25) is 4.98 Å². The topological polar surface area (TPSA) is 84.6 Å². The van der Waals surface area contributed by atoms with E-state index in [9.17, 15) is 4.79 Å². The van der Waals surface area contributed by atoms with Gasteiger partial charge in [0.05, 0.1) is 35.5 Å². The molecule has 1 aromatic carbocycles. The Labute approximate surface area is 191 Å². The van der Waals surface area contributed by atoms with Gasteiger partial charge in [0.1, 0.15) is 11.6 Å². The molecule has 8 heteroatoms. The fraction of sp³-hybridized carbons (Fsp3) is 0.280. The molecule has 4 aromatic rings. The highest BCUT2D eigenvalue weighted by molar-refractivity contribution is 5.84. The highest BCUT2D eigenvalue weighted by Crippen LogP contribution is 2.30. The fourth-order valence-electron chi connectivity index (χ4n) is 4.30. The molecule has 4 heterocycles. The average molecular weight is 444 g/mol. The lowest BCUT2D eigenvalue weighted by atomic mass is 10.1. The first-order chi connectivity index (χ1) is 16.2. The molecule has 3 aromatic heterocycles. The van der Waals surface area contributed by atoms with Crippen LogP contribution in [0, 0.1) is 0 Å². The zero-order valence-electron chi connectivity index (χ0n) is 18.7. The zero-order valence-corrected chi connectivity index (χ0v) is 18.7. The Bertz CT molecular complexity index is 1330. The minimum Gasteiger partial charge on any atom is -0.497 e. The summed E-state index contributed by atoms with van der Waals surface area (Å²) in [6.45, 7) is 5.24. The third kappa shape index (κ3) is 4.00. The minimum absolute atomic E-state index is 0.264. The van der Waals surface area contributed by atoms with Gasteiger partial charge in [0.15, 0.2) is 0 Å². The first-order valence-electron chi connectivity index (χ1n) is 11.0. The van der Waals surface area contributed by atoms with Crippen LogP contribution < -0.4 is 20.2 Å². The lowest BCUT2D eigenvalue weighted by Crippen LogP contribution is -2.47. The summed E-state index contributed by atoms with van der Waals surface area (Å²) >= 11 is 0. The van der Waals surface area contributed by atoms with E-state index in [-0.39, 0.29) is 5.89 Å². The van der Waals surface area contributed by atoms with Gasteiger partial charge in [-0.15, -0.1) is 0 Å². The van der Waals surface area contributed by atoms with Gasteiger partial charge in [0.2, 0.25) is 5.89 Å². The van der Waals surface area contributed by atoms with Crippen LogP contribution in [0.4, 0.5) is 11.5 Å². The van der Waals surface area contributed by atoms with E-state index in [4.69, 9.17) is 14.1 Å². The second-order valence-corrected chi connectivity index (χ2v) is 7.90. The number of piperazine rings is 1. The minimum atomic E-state index is -0.397. The molecule has 0 spiro atoms. The van der Waals surface area contributed by atoms with Gasteiger partial charge in [-0.2, -0.15) is 0 Å². The molecular formula is C25H25N5O3. The van der Waals surface area contributed by atoms with Crippen molar-refractivity contribution in [2.45, 2.75) is 13.3 Å². The number of fused-ring (bicyclic) bond motifs is 1. The monoisotopic (exact) mass is 443 g/mol. The molecule has 1 saturated heterocycles. The maximum atomic E-state index is 12.9. The zero-order chi connectivity index (χ0) is 22.8. The van der Waals surface area contributed by atoms with E-state index in [2.05, 4.69) is 25.8 Å². The SMILES string of the molecule is CCc1cc(OC)cc2nc(-c3cccnc3N3CCN(c4cccnc4)CC3)oc(=O)c12. The molecule has 5 rings (SSSR count). The number of pyridine rings is 2. The fourth-order valence-corrected chi connectivity index (χ4v) is 4.30. The number of hydrogen-bond acceptors (Lipinski definition) is 8. The van der Waals surface area contributed by atoms with Crippen molar-refractivity contribution in [1.82, 2.24) is 15.0 Å². The van der Waals surface area contributed by atoms with Crippen molar-refractivity contribution in [3.8, 4) is 17.2 Å². The first kappa shape index (κ1) is 20.9. The van der Waals surface area contributed by atoms with Crippen molar-refractivity contribution < 1.29 is 9.15 Å². The number of hydrogen-bond donors (Lipinski definition) is 0. The van der Waals surface area contributed by atoms with Gasteiger partial charge < -0.3 is 19.0 Å². The predicted octanol–water partition coefficient (Wildman–Crippen LogP) is 3.54. The lowest BCUT2D eigenvalue weighted by molar-refractivity contribution is 0.414. The molecule has 0 unspecified atom stereocenters. The third-order valence-electron chi connectivity index (χ3n) is 6.01. The highest BCUT2D eigenvalue weighted by atomic mass is 16.5. The first-order valence-corrected chi connectivity index (χ1v) is 11.0. The van der Waals surface area contributed by atoms with Crippen LogP contribution in [0.5, 0.6) is 5.75 Å². The normalized spacial score (nSPS) is 14.0. The summed E-state index contributed by atoms with van der Waals surface area (Å²) in [5, 5.41) is 0.498. The van der Waals surface area contributed by atoms with E-state index in [1.165, 1.54) is 0 Å². The smallest absolute Gasteiger partial charge is 0.347 e. The maximum absolute atomic E-state index is 12.9. The summed E-state index contributed by atoms with van der Waals surface area (Å²) < 4.78 is 11.1. The number of nitrogens with zero attached hydrogens (tertiary/aromatic N) is 5. The summed E-state index contributed by atoms with van der Waals surface area (Å²) in [7, 11) is 1.61. The molecule has 0 aliphatic carbocycles. The molecule has 0 N–H and O–H groups in total. The van der Waals surface area contributed by atoms with Crippen LogP contribution in [0.3, 0.4) is 0 Å². The molecule has 0 bridgehead atoms. The van der Waals surface area contributed by atoms with E-state index < -0.39 is 5.63 Å². The van der Waals surface area contributed by atoms with Gasteiger partial charge in [-0.05, 0) is 42.3 Å². The standard InChI is InChI=1S/C25H25N5O3/c1-3-17-14-19(32-2)15-21-22(17)25(31)33-24(28-21)20-7-5-9-27-23(20)30-12-10-29(11-13-30)18-6-4-8-26-16-18/h4-9,14-16H,3,10-13H2,1-2H3. The number of anilines is 2. The second kappa shape index (κ2) is 8.90. The Morgan fingerprint density at radius 1 is 1.06 bits per heavy atom. The quantitative estimate of drug-likeness (QED) is 0.463. The Kier molecular flexibility index (Phi) is 5.64. The number of ether oxygens (including phenoxy) is 1. The maximum Gasteiger partial charge on any atom is 0.347 e. The van der Waals surface area contributed by atoms with Crippen molar-refractivity contribution in [2.24, 2.45) is 0 Å². The molecular weight excluding hydrogens is 418 g/mol. The molecule has 168 valence electrons. The van der Waals surface area contributed by atoms with Gasteiger partial charge in [-0.1, -0.05) is 6.92 Å². The second-order valence-electron chi connectivity index (χ2n) is 7.90. The number of benzene rings is 1. The van der Waals surface area contributed by atoms with Crippen LogP contribution in [0.2, 0.25) is 0 Å². The Balaban J connectivity index is 1.50. The summed E-state index contributed by atoms with van der Waals surface area (Å²) in [5.74, 6) is 1.69. The Morgan fingerprint density at radius 2 is 1.85 bits per heavy atom. The summed E-state index contributed by atoms with van der Waals surface area (Å²) in [6.07, 6.45) is 6.10. The number of methoxy groups -OCH3 is 1. The Morgan fingerprint density at radius 3 is 2.58 bits per heavy atom. The molecule has 33 heavy (non-hydrogen) atoms. The van der Waals surface area contributed by atoms with E-state index >= 15 is 0 Å². The largest absolute Gasteiger partial charge is 0.497 e. The highest BCUT2D eigenvalue weighted by Gasteiger charge is 2.23.